The van der Waals surface area contributed by atoms with Crippen LogP contribution in [0.1, 0.15) is 73.8 Å². The lowest BCUT2D eigenvalue weighted by Crippen LogP contribution is -2.45. The number of aromatic nitrogens is 4. The van der Waals surface area contributed by atoms with Gasteiger partial charge < -0.3 is 14.5 Å². The predicted octanol–water partition coefficient (Wildman–Crippen LogP) is 6.18. The minimum atomic E-state index is -4.17. The number of nitrogens with zero attached hydrogens (tertiary/aromatic N) is 6. The molecule has 1 saturated carbocycles. The average Bonchev–Trinajstić information content (AvgIpc) is 3.69. The van der Waals surface area contributed by atoms with Crippen molar-refractivity contribution in [3.63, 3.8) is 0 Å². The molecule has 49 heavy (non-hydrogen) atoms. The number of amides is 1. The van der Waals surface area contributed by atoms with Crippen molar-refractivity contribution in [3.05, 3.63) is 83.4 Å². The Labute approximate surface area is 288 Å². The Kier molecular flexibility index (Phi) is 8.54. The lowest BCUT2D eigenvalue weighted by Gasteiger charge is -2.35. The molecule has 12 heteroatoms. The van der Waals surface area contributed by atoms with E-state index in [1.165, 1.54) is 31.4 Å². The molecule has 2 aromatic carbocycles. The molecule has 0 radical (unpaired) electrons. The number of piperidine rings is 1. The Bertz CT molecular complexity index is 1970. The Balaban J connectivity index is 1.29. The number of nitrogens with one attached hydrogen (secondary N) is 1. The summed E-state index contributed by atoms with van der Waals surface area (Å²) < 4.78 is 36.3. The molecule has 2 fully saturated rings. The van der Waals surface area contributed by atoms with E-state index in [0.29, 0.717) is 24.0 Å². The molecule has 1 aliphatic carbocycles. The minimum absolute atomic E-state index is 0.0750. The number of hydrogen-bond donors (Lipinski definition) is 1. The molecule has 6 bridgehead atoms. The van der Waals surface area contributed by atoms with Gasteiger partial charge in [0, 0.05) is 29.8 Å². The van der Waals surface area contributed by atoms with Gasteiger partial charge in [-0.1, -0.05) is 45.0 Å². The van der Waals surface area contributed by atoms with E-state index in [1.807, 2.05) is 44.4 Å². The number of carbonyl (C=O) groups is 1. The standard InChI is InChI=1S/C37H43N7O4S/c1-23-8-6-9-24(2)34(23)31-16-33-41-36(40-31)42-49(46,47)30-11-7-10-26(15-30)35(45)44(28(22-48-33)17-37(3,4)5)21-32-38-18-29(19-39-32)43-20-25-12-13-27(43)14-25/h6-11,15-16,18-19,25,27-28H,12-14,17,20-22H2,1-5H3,(H,40,41,42)/t25?,27?,28-/m1/s1. The van der Waals surface area contributed by atoms with Crippen LogP contribution in [0.15, 0.2) is 65.8 Å². The van der Waals surface area contributed by atoms with Crippen molar-refractivity contribution >= 4 is 27.6 Å². The second-order valence-electron chi connectivity index (χ2n) is 14.8. The third-order valence-electron chi connectivity index (χ3n) is 9.77. The highest BCUT2D eigenvalue weighted by molar-refractivity contribution is 7.92. The van der Waals surface area contributed by atoms with Crippen LogP contribution in [0.5, 0.6) is 5.88 Å². The van der Waals surface area contributed by atoms with Crippen molar-refractivity contribution in [1.29, 1.82) is 0 Å². The van der Waals surface area contributed by atoms with E-state index in [4.69, 9.17) is 14.7 Å². The van der Waals surface area contributed by atoms with Gasteiger partial charge in [-0.25, -0.2) is 28.1 Å². The number of aryl methyl sites for hydroxylation is 2. The van der Waals surface area contributed by atoms with Crippen LogP contribution < -0.4 is 14.4 Å². The fourth-order valence-corrected chi connectivity index (χ4v) is 8.51. The molecule has 3 atom stereocenters. The molecule has 11 nitrogen and oxygen atoms in total. The second-order valence-corrected chi connectivity index (χ2v) is 16.5. The monoisotopic (exact) mass is 681 g/mol. The zero-order chi connectivity index (χ0) is 34.5. The van der Waals surface area contributed by atoms with Crippen molar-refractivity contribution in [2.24, 2.45) is 11.3 Å². The molecule has 3 aliphatic rings. The molecule has 7 rings (SSSR count). The van der Waals surface area contributed by atoms with Gasteiger partial charge in [0.2, 0.25) is 11.8 Å². The van der Waals surface area contributed by atoms with Gasteiger partial charge in [-0.2, -0.15) is 4.98 Å². The summed E-state index contributed by atoms with van der Waals surface area (Å²) in [4.78, 5) is 37.1. The quantitative estimate of drug-likeness (QED) is 0.262. The molecule has 4 aromatic rings. The number of benzene rings is 2. The lowest BCUT2D eigenvalue weighted by molar-refractivity contribution is 0.0505. The fraction of sp³-hybridized carbons (Fsp3) is 0.432. The first-order valence-corrected chi connectivity index (χ1v) is 18.4. The maximum absolute atomic E-state index is 14.5. The first kappa shape index (κ1) is 32.9. The Morgan fingerprint density at radius 2 is 1.71 bits per heavy atom. The van der Waals surface area contributed by atoms with Crippen LogP contribution in [0.25, 0.3) is 11.3 Å². The summed E-state index contributed by atoms with van der Waals surface area (Å²) in [5.74, 6) is 0.979. The Morgan fingerprint density at radius 3 is 2.39 bits per heavy atom. The number of fused-ring (bicyclic) bond motifs is 6. The molecule has 2 unspecified atom stereocenters. The van der Waals surface area contributed by atoms with Crippen LogP contribution in [-0.2, 0) is 16.6 Å². The summed E-state index contributed by atoms with van der Waals surface area (Å²) in [5, 5.41) is 0. The predicted molar refractivity (Wildman–Crippen MR) is 188 cm³/mol. The minimum Gasteiger partial charge on any atom is -0.475 e. The largest absolute Gasteiger partial charge is 0.475 e. The molecular weight excluding hydrogens is 639 g/mol. The van der Waals surface area contributed by atoms with Crippen molar-refractivity contribution in [2.75, 3.05) is 22.8 Å². The first-order valence-electron chi connectivity index (χ1n) is 16.9. The maximum atomic E-state index is 14.5. The van der Waals surface area contributed by atoms with Crippen molar-refractivity contribution in [2.45, 2.75) is 83.8 Å². The molecule has 1 amide bonds. The van der Waals surface area contributed by atoms with Gasteiger partial charge in [0.25, 0.3) is 15.9 Å². The number of anilines is 2. The van der Waals surface area contributed by atoms with Gasteiger partial charge in [0.05, 0.1) is 41.3 Å². The van der Waals surface area contributed by atoms with Gasteiger partial charge in [0.1, 0.15) is 12.4 Å². The van der Waals surface area contributed by atoms with Gasteiger partial charge in [-0.15, -0.1) is 0 Å². The van der Waals surface area contributed by atoms with E-state index in [2.05, 4.69) is 40.4 Å². The number of hydrogen-bond acceptors (Lipinski definition) is 9. The highest BCUT2D eigenvalue weighted by Gasteiger charge is 2.38. The summed E-state index contributed by atoms with van der Waals surface area (Å²) in [5.41, 5.74) is 4.41. The SMILES string of the molecule is Cc1cccc(C)c1-c1cc2nc(n1)NS(=O)(=O)c1cccc(c1)C(=O)N(Cc1ncc(N3CC4CCC3C4)cn1)[C@H](CC(C)(C)C)CO2. The zero-order valence-electron chi connectivity index (χ0n) is 28.7. The highest BCUT2D eigenvalue weighted by atomic mass is 32.2. The topological polar surface area (TPSA) is 131 Å². The summed E-state index contributed by atoms with van der Waals surface area (Å²) in [6, 6.07) is 13.8. The van der Waals surface area contributed by atoms with Crippen LogP contribution in [0.2, 0.25) is 0 Å². The normalized spacial score (nSPS) is 21.7. The molecule has 4 heterocycles. The lowest BCUT2D eigenvalue weighted by atomic mass is 9.87. The van der Waals surface area contributed by atoms with Gasteiger partial charge >= 0.3 is 0 Å². The summed E-state index contributed by atoms with van der Waals surface area (Å²) in [6.07, 6.45) is 8.03. The maximum Gasteiger partial charge on any atom is 0.264 e. The van der Waals surface area contributed by atoms with E-state index in [1.54, 1.807) is 23.1 Å². The molecule has 1 N–H and O–H groups in total. The highest BCUT2D eigenvalue weighted by Crippen LogP contribution is 2.40. The Hall–Kier alpha value is -4.58. The third-order valence-corrected chi connectivity index (χ3v) is 11.1. The molecule has 0 spiro atoms. The molecule has 1 saturated heterocycles. The van der Waals surface area contributed by atoms with Crippen LogP contribution in [0.4, 0.5) is 11.6 Å². The number of sulfonamides is 1. The van der Waals surface area contributed by atoms with Crippen LogP contribution in [0, 0.1) is 25.2 Å². The third kappa shape index (κ3) is 6.96. The van der Waals surface area contributed by atoms with Gasteiger partial charge in [-0.05, 0) is 80.2 Å². The Morgan fingerprint density at radius 1 is 0.980 bits per heavy atom. The summed E-state index contributed by atoms with van der Waals surface area (Å²) in [6.45, 7) is 11.6. The summed E-state index contributed by atoms with van der Waals surface area (Å²) >= 11 is 0. The van der Waals surface area contributed by atoms with Crippen molar-refractivity contribution in [3.8, 4) is 17.1 Å². The smallest absolute Gasteiger partial charge is 0.264 e. The number of rotatable bonds is 5. The van der Waals surface area contributed by atoms with Gasteiger partial charge in [-0.3, -0.25) is 4.79 Å². The van der Waals surface area contributed by atoms with E-state index in [9.17, 15) is 13.2 Å². The molecular formula is C37H43N7O4S. The van der Waals surface area contributed by atoms with E-state index < -0.39 is 16.1 Å². The second kappa shape index (κ2) is 12.7. The average molecular weight is 682 g/mol. The van der Waals surface area contributed by atoms with Crippen molar-refractivity contribution in [1.82, 2.24) is 24.8 Å². The molecule has 2 aliphatic heterocycles. The fourth-order valence-electron chi connectivity index (χ4n) is 7.52. The number of carbonyl (C=O) groups excluding carboxylic acids is 1. The zero-order valence-corrected chi connectivity index (χ0v) is 29.5. The first-order chi connectivity index (χ1) is 23.3. The van der Waals surface area contributed by atoms with E-state index in [0.717, 1.165) is 34.8 Å². The molecule has 2 aromatic heterocycles. The summed E-state index contributed by atoms with van der Waals surface area (Å²) in [7, 11) is -4.17. The van der Waals surface area contributed by atoms with Crippen LogP contribution in [-0.4, -0.2) is 64.4 Å². The van der Waals surface area contributed by atoms with Crippen LogP contribution >= 0.6 is 0 Å². The molecule has 256 valence electrons. The van der Waals surface area contributed by atoms with Crippen LogP contribution in [0.3, 0.4) is 0 Å². The van der Waals surface area contributed by atoms with Gasteiger partial charge in [0.15, 0.2) is 0 Å². The number of ether oxygens (including phenoxy) is 1. The van der Waals surface area contributed by atoms with Crippen molar-refractivity contribution < 1.29 is 17.9 Å². The van der Waals surface area contributed by atoms with E-state index >= 15 is 0 Å². The van der Waals surface area contributed by atoms with E-state index in [-0.39, 0.29) is 46.8 Å².